The van der Waals surface area contributed by atoms with Crippen LogP contribution in [0.3, 0.4) is 0 Å². The second kappa shape index (κ2) is 6.65. The first kappa shape index (κ1) is 18.3. The van der Waals surface area contributed by atoms with Crippen molar-refractivity contribution in [2.45, 2.75) is 0 Å². The monoisotopic (exact) mass is 366 g/mol. The van der Waals surface area contributed by atoms with Crippen molar-refractivity contribution in [3.8, 4) is 5.75 Å². The highest BCUT2D eigenvalue weighted by atomic mass is 16.6. The lowest BCUT2D eigenvalue weighted by Crippen LogP contribution is -2.34. The molecule has 8 heteroatoms. The normalized spacial score (nSPS) is 12.0. The maximum atomic E-state index is 11.2. The Bertz CT molecular complexity index is 1070. The first-order valence-corrected chi connectivity index (χ1v) is 8.20. The van der Waals surface area contributed by atoms with E-state index in [9.17, 15) is 15.2 Å². The van der Waals surface area contributed by atoms with E-state index in [1.165, 1.54) is 18.2 Å². The van der Waals surface area contributed by atoms with Crippen LogP contribution in [-0.4, -0.2) is 31.2 Å². The van der Waals surface area contributed by atoms with Crippen LogP contribution in [0.1, 0.15) is 0 Å². The van der Waals surface area contributed by atoms with E-state index in [1.807, 2.05) is 45.4 Å². The fraction of sp³-hybridized carbons (Fsp3) is 0.158. The highest BCUT2D eigenvalue weighted by Crippen LogP contribution is 2.38. The second-order valence-electron chi connectivity index (χ2n) is 7.06. The Balaban J connectivity index is 2.07. The molecule has 0 unspecified atom stereocenters. The van der Waals surface area contributed by atoms with Gasteiger partial charge in [-0.3, -0.25) is 14.6 Å². The van der Waals surface area contributed by atoms with Crippen LogP contribution in [0.15, 0.2) is 58.8 Å². The number of phenolic OH excluding ortho intramolecular Hbond substituents is 1. The summed E-state index contributed by atoms with van der Waals surface area (Å²) in [6, 6.07) is 13.4. The van der Waals surface area contributed by atoms with Gasteiger partial charge in [-0.15, -0.1) is 10.2 Å². The summed E-state index contributed by atoms with van der Waals surface area (Å²) < 4.78 is 0.596. The number of nitro groups is 1. The van der Waals surface area contributed by atoms with E-state index in [0.29, 0.717) is 9.87 Å². The molecule has 0 bridgehead atoms. The average molecular weight is 366 g/mol. The number of quaternary nitrogens is 1. The highest BCUT2D eigenvalue weighted by molar-refractivity contribution is 5.94. The van der Waals surface area contributed by atoms with Crippen molar-refractivity contribution in [2.75, 3.05) is 26.9 Å². The van der Waals surface area contributed by atoms with E-state index in [4.69, 9.17) is 5.73 Å². The molecule has 0 atom stereocenters. The van der Waals surface area contributed by atoms with Gasteiger partial charge in [0.25, 0.3) is 5.69 Å². The number of azo groups is 1. The Labute approximate surface area is 155 Å². The molecule has 0 aliphatic carbocycles. The van der Waals surface area contributed by atoms with Crippen LogP contribution in [0.25, 0.3) is 10.8 Å². The van der Waals surface area contributed by atoms with Gasteiger partial charge in [0.05, 0.1) is 26.1 Å². The van der Waals surface area contributed by atoms with Gasteiger partial charge < -0.3 is 10.8 Å². The fourth-order valence-corrected chi connectivity index (χ4v) is 2.66. The number of phenols is 1. The third-order valence-corrected chi connectivity index (χ3v) is 4.19. The van der Waals surface area contributed by atoms with E-state index in [2.05, 4.69) is 10.2 Å². The molecule has 0 radical (unpaired) electrons. The van der Waals surface area contributed by atoms with Gasteiger partial charge in [0.15, 0.2) is 11.4 Å². The number of fused-ring (bicyclic) bond motifs is 1. The Morgan fingerprint density at radius 3 is 2.30 bits per heavy atom. The molecule has 0 spiro atoms. The van der Waals surface area contributed by atoms with Crippen molar-refractivity contribution < 1.29 is 10.0 Å². The predicted molar refractivity (Wildman–Crippen MR) is 107 cm³/mol. The number of nitrogen functional groups attached to an aromatic ring is 1. The number of nitrogens with zero attached hydrogens (tertiary/aromatic N) is 4. The molecule has 0 aromatic heterocycles. The molecular weight excluding hydrogens is 346 g/mol. The first-order valence-electron chi connectivity index (χ1n) is 8.20. The maximum absolute atomic E-state index is 11.2. The third-order valence-electron chi connectivity index (χ3n) is 4.19. The molecule has 3 aromatic rings. The summed E-state index contributed by atoms with van der Waals surface area (Å²) in [6.07, 6.45) is 0. The van der Waals surface area contributed by atoms with Crippen LogP contribution >= 0.6 is 0 Å². The summed E-state index contributed by atoms with van der Waals surface area (Å²) in [6.45, 7) is 0. The van der Waals surface area contributed by atoms with E-state index in [1.54, 1.807) is 6.07 Å². The fourth-order valence-electron chi connectivity index (χ4n) is 2.66. The summed E-state index contributed by atoms with van der Waals surface area (Å²) in [5, 5.41) is 31.2. The number of anilines is 1. The molecule has 3 aromatic carbocycles. The molecule has 0 saturated carbocycles. The minimum atomic E-state index is -0.571. The minimum Gasteiger partial charge on any atom is -0.505 e. The van der Waals surface area contributed by atoms with Gasteiger partial charge in [-0.1, -0.05) is 6.07 Å². The number of nitro benzene ring substituents is 1. The number of aromatic hydroxyl groups is 1. The molecule has 8 nitrogen and oxygen atoms in total. The summed E-state index contributed by atoms with van der Waals surface area (Å²) in [5.41, 5.74) is 6.92. The first-order chi connectivity index (χ1) is 12.7. The van der Waals surface area contributed by atoms with E-state index in [0.717, 1.165) is 11.1 Å². The van der Waals surface area contributed by atoms with Crippen LogP contribution < -0.4 is 10.2 Å². The van der Waals surface area contributed by atoms with Gasteiger partial charge in [-0.05, 0) is 35.7 Å². The van der Waals surface area contributed by atoms with Crippen molar-refractivity contribution in [3.05, 3.63) is 58.6 Å². The molecule has 0 amide bonds. The standard InChI is InChI=1S/C19H19N5O3/c1-24(2,3)14-7-4-12-5-8-17(19(25)15(12)11-14)22-21-16-9-6-13(20)10-18(16)23(26)27/h4-11H,1-3H3,(H2-,20,21,22,25)/p+1. The number of hydrogen-bond donors (Lipinski definition) is 2. The minimum absolute atomic E-state index is 0.0235. The van der Waals surface area contributed by atoms with Crippen LogP contribution in [0.4, 0.5) is 28.4 Å². The van der Waals surface area contributed by atoms with Gasteiger partial charge >= 0.3 is 0 Å². The van der Waals surface area contributed by atoms with Gasteiger partial charge in [-0.2, -0.15) is 0 Å². The Morgan fingerprint density at radius 1 is 1.00 bits per heavy atom. The zero-order valence-corrected chi connectivity index (χ0v) is 15.2. The zero-order chi connectivity index (χ0) is 19.8. The smallest absolute Gasteiger partial charge is 0.298 e. The van der Waals surface area contributed by atoms with Crippen LogP contribution in [0, 0.1) is 10.1 Å². The number of hydrogen-bond acceptors (Lipinski definition) is 6. The Kier molecular flexibility index (Phi) is 4.50. The average Bonchev–Trinajstić information content (AvgIpc) is 2.61. The predicted octanol–water partition coefficient (Wildman–Crippen LogP) is 4.65. The van der Waals surface area contributed by atoms with Gasteiger partial charge in [0, 0.05) is 23.2 Å². The van der Waals surface area contributed by atoms with Crippen molar-refractivity contribution in [2.24, 2.45) is 10.2 Å². The number of benzene rings is 3. The molecule has 0 saturated heterocycles. The van der Waals surface area contributed by atoms with E-state index >= 15 is 0 Å². The van der Waals surface area contributed by atoms with E-state index in [-0.39, 0.29) is 28.5 Å². The number of nitrogens with two attached hydrogens (primary N) is 1. The molecule has 3 N–H and O–H groups in total. The molecule has 0 heterocycles. The van der Waals surface area contributed by atoms with Gasteiger partial charge in [0.2, 0.25) is 0 Å². The Hall–Kier alpha value is -3.52. The molecule has 138 valence electrons. The SMILES string of the molecule is C[N+](C)(C)c1ccc2ccc(N=Nc3ccc(N)cc3[N+](=O)[O-])c(O)c2c1. The lowest BCUT2D eigenvalue weighted by atomic mass is 10.1. The highest BCUT2D eigenvalue weighted by Gasteiger charge is 2.16. The Morgan fingerprint density at radius 2 is 1.63 bits per heavy atom. The molecule has 0 fully saturated rings. The van der Waals surface area contributed by atoms with Crippen LogP contribution in [-0.2, 0) is 0 Å². The zero-order valence-electron chi connectivity index (χ0n) is 15.2. The summed E-state index contributed by atoms with van der Waals surface area (Å²) in [4.78, 5) is 10.6. The molecular formula is C19H20N5O3+. The van der Waals surface area contributed by atoms with Gasteiger partial charge in [0.1, 0.15) is 11.4 Å². The molecule has 27 heavy (non-hydrogen) atoms. The topological polar surface area (TPSA) is 114 Å². The largest absolute Gasteiger partial charge is 0.505 e. The lowest BCUT2D eigenvalue weighted by Gasteiger charge is -2.23. The third kappa shape index (κ3) is 3.70. The molecule has 0 aliphatic heterocycles. The van der Waals surface area contributed by atoms with Crippen molar-refractivity contribution in [1.29, 1.82) is 0 Å². The van der Waals surface area contributed by atoms with E-state index < -0.39 is 4.92 Å². The maximum Gasteiger partial charge on any atom is 0.298 e. The summed E-state index contributed by atoms with van der Waals surface area (Å²) >= 11 is 0. The van der Waals surface area contributed by atoms with Crippen molar-refractivity contribution in [1.82, 2.24) is 4.48 Å². The number of rotatable bonds is 4. The lowest BCUT2D eigenvalue weighted by molar-refractivity contribution is -0.384. The molecule has 0 aliphatic rings. The van der Waals surface area contributed by atoms with Gasteiger partial charge in [-0.25, -0.2) is 0 Å². The molecule has 3 rings (SSSR count). The summed E-state index contributed by atoms with van der Waals surface area (Å²) in [5.74, 6) is -0.0235. The summed E-state index contributed by atoms with van der Waals surface area (Å²) in [7, 11) is 6.09. The van der Waals surface area contributed by atoms with Crippen molar-refractivity contribution in [3.63, 3.8) is 0 Å². The quantitative estimate of drug-likeness (QED) is 0.230. The second-order valence-corrected chi connectivity index (χ2v) is 7.06. The van der Waals surface area contributed by atoms with Crippen LogP contribution in [0.2, 0.25) is 0 Å². The van der Waals surface area contributed by atoms with Crippen LogP contribution in [0.5, 0.6) is 5.75 Å². The van der Waals surface area contributed by atoms with Crippen molar-refractivity contribution >= 4 is 39.2 Å².